The number of anilines is 5. The zero-order valence-corrected chi connectivity index (χ0v) is 19.1. The molecule has 172 valence electrons. The molecule has 2 aromatic carbocycles. The number of halogens is 2. The van der Waals surface area contributed by atoms with Gasteiger partial charge in [-0.2, -0.15) is 4.98 Å². The standard InChI is InChI=1S/C23H23ClFN5O3/c1-23(2,3)33-22(31)30-9-10-32-19-8-7-16(12-18(19)30)28-21-26-13-17(25)20(29-21)27-15-6-4-5-14(24)11-15/h4-8,11-13H,9-10H2,1-3H3,(H2,26,27,28,29). The molecule has 2 heterocycles. The van der Waals surface area contributed by atoms with Crippen molar-refractivity contribution in [3.63, 3.8) is 0 Å². The largest absolute Gasteiger partial charge is 0.490 e. The fourth-order valence-corrected chi connectivity index (χ4v) is 3.34. The number of ether oxygens (including phenoxy) is 2. The van der Waals surface area contributed by atoms with Crippen LogP contribution in [0, 0.1) is 5.82 Å². The highest BCUT2D eigenvalue weighted by Crippen LogP contribution is 2.35. The van der Waals surface area contributed by atoms with Crippen LogP contribution >= 0.6 is 11.6 Å². The summed E-state index contributed by atoms with van der Waals surface area (Å²) in [5.41, 5.74) is 1.11. The summed E-state index contributed by atoms with van der Waals surface area (Å²) in [6, 6.07) is 12.1. The lowest BCUT2D eigenvalue weighted by molar-refractivity contribution is 0.0568. The SMILES string of the molecule is CC(C)(C)OC(=O)N1CCOc2ccc(Nc3ncc(F)c(Nc4cccc(Cl)c4)n3)cc21. The second-order valence-corrected chi connectivity index (χ2v) is 8.75. The maximum absolute atomic E-state index is 14.3. The Morgan fingerprint density at radius 3 is 2.73 bits per heavy atom. The van der Waals surface area contributed by atoms with Crippen LogP contribution in [0.5, 0.6) is 5.75 Å². The fraction of sp³-hybridized carbons (Fsp3) is 0.261. The average Bonchev–Trinajstić information content (AvgIpc) is 2.74. The van der Waals surface area contributed by atoms with Gasteiger partial charge in [0.15, 0.2) is 11.6 Å². The molecule has 0 spiro atoms. The molecule has 2 N–H and O–H groups in total. The van der Waals surface area contributed by atoms with Gasteiger partial charge < -0.3 is 20.1 Å². The summed E-state index contributed by atoms with van der Waals surface area (Å²) in [6.45, 7) is 6.14. The van der Waals surface area contributed by atoms with Gasteiger partial charge in [0.2, 0.25) is 5.95 Å². The van der Waals surface area contributed by atoms with Crippen molar-refractivity contribution >= 4 is 46.5 Å². The Hall–Kier alpha value is -3.59. The molecule has 0 saturated heterocycles. The van der Waals surface area contributed by atoms with E-state index in [0.717, 1.165) is 6.20 Å². The second-order valence-electron chi connectivity index (χ2n) is 8.31. The molecular weight excluding hydrogens is 449 g/mol. The molecule has 1 aliphatic rings. The van der Waals surface area contributed by atoms with Gasteiger partial charge in [-0.25, -0.2) is 14.2 Å². The van der Waals surface area contributed by atoms with Gasteiger partial charge in [0.25, 0.3) is 0 Å². The summed E-state index contributed by atoms with van der Waals surface area (Å²) >= 11 is 5.99. The summed E-state index contributed by atoms with van der Waals surface area (Å²) in [6.07, 6.45) is 0.603. The minimum Gasteiger partial charge on any atom is -0.490 e. The Kier molecular flexibility index (Phi) is 6.24. The molecule has 0 aliphatic carbocycles. The summed E-state index contributed by atoms with van der Waals surface area (Å²) in [5.74, 6) is 0.101. The van der Waals surface area contributed by atoms with E-state index < -0.39 is 17.5 Å². The maximum atomic E-state index is 14.3. The molecule has 0 bridgehead atoms. The number of rotatable bonds is 4. The van der Waals surface area contributed by atoms with E-state index in [9.17, 15) is 9.18 Å². The average molecular weight is 472 g/mol. The van der Waals surface area contributed by atoms with E-state index in [4.69, 9.17) is 21.1 Å². The minimum absolute atomic E-state index is 0.00792. The molecule has 4 rings (SSSR count). The number of amides is 1. The first-order valence-electron chi connectivity index (χ1n) is 10.3. The summed E-state index contributed by atoms with van der Waals surface area (Å²) in [4.78, 5) is 22.4. The zero-order chi connectivity index (χ0) is 23.6. The Morgan fingerprint density at radius 1 is 1.18 bits per heavy atom. The lowest BCUT2D eigenvalue weighted by Gasteiger charge is -2.31. The van der Waals surface area contributed by atoms with Crippen LogP contribution in [0.2, 0.25) is 5.02 Å². The number of carbonyl (C=O) groups excluding carboxylic acids is 1. The van der Waals surface area contributed by atoms with Crippen molar-refractivity contribution in [3.05, 3.63) is 59.5 Å². The molecule has 1 aromatic heterocycles. The highest BCUT2D eigenvalue weighted by atomic mass is 35.5. The Bertz CT molecular complexity index is 1180. The van der Waals surface area contributed by atoms with Crippen LogP contribution in [-0.4, -0.2) is 34.8 Å². The third-order valence-electron chi connectivity index (χ3n) is 4.52. The Morgan fingerprint density at radius 2 is 1.97 bits per heavy atom. The number of benzene rings is 2. The number of nitrogens with one attached hydrogen (secondary N) is 2. The highest BCUT2D eigenvalue weighted by molar-refractivity contribution is 6.30. The monoisotopic (exact) mass is 471 g/mol. The smallest absolute Gasteiger partial charge is 0.415 e. The topological polar surface area (TPSA) is 88.6 Å². The van der Waals surface area contributed by atoms with Gasteiger partial charge in [0.1, 0.15) is 18.0 Å². The van der Waals surface area contributed by atoms with Gasteiger partial charge in [-0.1, -0.05) is 17.7 Å². The number of fused-ring (bicyclic) bond motifs is 1. The Balaban J connectivity index is 1.56. The second kappa shape index (κ2) is 9.11. The van der Waals surface area contributed by atoms with E-state index in [-0.39, 0.29) is 11.8 Å². The molecular formula is C23H23ClFN5O3. The number of aromatic nitrogens is 2. The van der Waals surface area contributed by atoms with Gasteiger partial charge in [0, 0.05) is 16.4 Å². The van der Waals surface area contributed by atoms with Crippen LogP contribution in [0.1, 0.15) is 20.8 Å². The minimum atomic E-state index is -0.625. The van der Waals surface area contributed by atoms with Crippen LogP contribution in [0.25, 0.3) is 0 Å². The Labute approximate surface area is 195 Å². The maximum Gasteiger partial charge on any atom is 0.415 e. The lowest BCUT2D eigenvalue weighted by atomic mass is 10.2. The van der Waals surface area contributed by atoms with E-state index >= 15 is 0 Å². The van der Waals surface area contributed by atoms with Gasteiger partial charge in [-0.15, -0.1) is 0 Å². The molecule has 0 fully saturated rings. The molecule has 8 nitrogen and oxygen atoms in total. The van der Waals surface area contributed by atoms with Crippen LogP contribution in [-0.2, 0) is 4.74 Å². The van der Waals surface area contributed by atoms with Gasteiger partial charge >= 0.3 is 6.09 Å². The van der Waals surface area contributed by atoms with Crippen LogP contribution < -0.4 is 20.3 Å². The van der Waals surface area contributed by atoms with E-state index in [2.05, 4.69) is 20.6 Å². The molecule has 0 radical (unpaired) electrons. The van der Waals surface area contributed by atoms with Gasteiger partial charge in [-0.05, 0) is 57.2 Å². The van der Waals surface area contributed by atoms with E-state index in [1.807, 2.05) is 20.8 Å². The first kappa shape index (κ1) is 22.6. The van der Waals surface area contributed by atoms with Crippen molar-refractivity contribution in [1.82, 2.24) is 9.97 Å². The van der Waals surface area contributed by atoms with Gasteiger partial charge in [-0.3, -0.25) is 4.90 Å². The summed E-state index contributed by atoms with van der Waals surface area (Å²) in [7, 11) is 0. The zero-order valence-electron chi connectivity index (χ0n) is 18.4. The highest BCUT2D eigenvalue weighted by Gasteiger charge is 2.28. The number of hydrogen-bond donors (Lipinski definition) is 2. The van der Waals surface area contributed by atoms with Crippen LogP contribution in [0.4, 0.5) is 38.0 Å². The number of carbonyl (C=O) groups is 1. The summed E-state index contributed by atoms with van der Waals surface area (Å²) < 4.78 is 25.5. The van der Waals surface area contributed by atoms with Crippen molar-refractivity contribution < 1.29 is 18.7 Å². The predicted molar refractivity (Wildman–Crippen MR) is 126 cm³/mol. The molecule has 0 saturated carbocycles. The third kappa shape index (κ3) is 5.61. The van der Waals surface area contributed by atoms with Crippen molar-refractivity contribution in [3.8, 4) is 5.75 Å². The molecule has 0 atom stereocenters. The van der Waals surface area contributed by atoms with Crippen molar-refractivity contribution in [1.29, 1.82) is 0 Å². The fourth-order valence-electron chi connectivity index (χ4n) is 3.15. The predicted octanol–water partition coefficient (Wildman–Crippen LogP) is 5.89. The quantitative estimate of drug-likeness (QED) is 0.490. The van der Waals surface area contributed by atoms with Crippen molar-refractivity contribution in [2.45, 2.75) is 26.4 Å². The van der Waals surface area contributed by atoms with Crippen molar-refractivity contribution in [2.24, 2.45) is 0 Å². The van der Waals surface area contributed by atoms with E-state index in [0.29, 0.717) is 41.0 Å². The molecule has 3 aromatic rings. The van der Waals surface area contributed by atoms with Crippen LogP contribution in [0.15, 0.2) is 48.7 Å². The first-order valence-corrected chi connectivity index (χ1v) is 10.7. The number of hydrogen-bond acceptors (Lipinski definition) is 7. The third-order valence-corrected chi connectivity index (χ3v) is 4.76. The molecule has 0 unspecified atom stereocenters. The molecule has 1 amide bonds. The first-order chi connectivity index (χ1) is 15.7. The van der Waals surface area contributed by atoms with E-state index in [1.165, 1.54) is 4.90 Å². The van der Waals surface area contributed by atoms with Crippen molar-refractivity contribution in [2.75, 3.05) is 28.7 Å². The normalized spacial score (nSPS) is 13.1. The van der Waals surface area contributed by atoms with E-state index in [1.54, 1.807) is 42.5 Å². The molecule has 10 heteroatoms. The summed E-state index contributed by atoms with van der Waals surface area (Å²) in [5, 5.41) is 6.44. The number of nitrogens with zero attached hydrogens (tertiary/aromatic N) is 3. The van der Waals surface area contributed by atoms with Gasteiger partial charge in [0.05, 0.1) is 18.4 Å². The lowest BCUT2D eigenvalue weighted by Crippen LogP contribution is -2.41. The molecule has 1 aliphatic heterocycles. The molecule has 33 heavy (non-hydrogen) atoms. The van der Waals surface area contributed by atoms with Crippen LogP contribution in [0.3, 0.4) is 0 Å².